The molecule has 5 heterocycles. The van der Waals surface area contributed by atoms with Gasteiger partial charge in [0, 0.05) is 49.2 Å². The van der Waals surface area contributed by atoms with E-state index in [1.54, 1.807) is 11.3 Å². The number of piperazine rings is 1. The minimum absolute atomic E-state index is 0.176. The number of anilines is 4. The van der Waals surface area contributed by atoms with Gasteiger partial charge in [-0.25, -0.2) is 15.0 Å². The second-order valence-electron chi connectivity index (χ2n) is 9.44. The second kappa shape index (κ2) is 9.05. The predicted molar refractivity (Wildman–Crippen MR) is 143 cm³/mol. The number of nitrogens with one attached hydrogen (secondary N) is 2. The van der Waals surface area contributed by atoms with Crippen molar-refractivity contribution < 1.29 is 0 Å². The van der Waals surface area contributed by atoms with Crippen LogP contribution in [0.25, 0.3) is 10.2 Å². The Labute approximate surface area is 209 Å². The fourth-order valence-electron chi connectivity index (χ4n) is 5.23. The summed E-state index contributed by atoms with van der Waals surface area (Å²) < 4.78 is 1.05. The smallest absolute Gasteiger partial charge is 0.227 e. The van der Waals surface area contributed by atoms with Crippen LogP contribution in [-0.4, -0.2) is 56.6 Å². The highest BCUT2D eigenvalue weighted by Crippen LogP contribution is 2.34. The number of likely N-dealkylation sites (tertiary alicyclic amines) is 1. The molecule has 1 aromatic carbocycles. The van der Waals surface area contributed by atoms with Gasteiger partial charge in [0.15, 0.2) is 5.13 Å². The van der Waals surface area contributed by atoms with E-state index >= 15 is 0 Å². The lowest BCUT2D eigenvalue weighted by molar-refractivity contribution is 0.250. The Bertz CT molecular complexity index is 1340. The Kier molecular flexibility index (Phi) is 5.74. The number of aromatic nitrogens is 4. The van der Waals surface area contributed by atoms with Crippen LogP contribution in [0.1, 0.15) is 37.6 Å². The van der Waals surface area contributed by atoms with E-state index in [9.17, 15) is 0 Å². The minimum atomic E-state index is 0.176. The molecule has 2 aliphatic rings. The molecule has 9 heteroatoms. The van der Waals surface area contributed by atoms with Crippen molar-refractivity contribution in [1.29, 1.82) is 0 Å². The molecule has 3 atom stereocenters. The molecular formula is C26H30N8S. The molecule has 35 heavy (non-hydrogen) atoms. The quantitative estimate of drug-likeness (QED) is 0.378. The lowest BCUT2D eigenvalue weighted by atomic mass is 10.1. The molecule has 2 saturated heterocycles. The van der Waals surface area contributed by atoms with E-state index in [4.69, 9.17) is 15.0 Å². The SMILES string of the molecule is CCN1C[C@@H]2C[C@H]1CN2c1nc(C)cc(Nc2cc3nc(N[C@H](C)c4ccccc4)sc3cn2)n1. The number of hydrogen-bond donors (Lipinski definition) is 2. The Morgan fingerprint density at radius 2 is 1.91 bits per heavy atom. The van der Waals surface area contributed by atoms with Crippen molar-refractivity contribution in [2.24, 2.45) is 0 Å². The van der Waals surface area contributed by atoms with Crippen molar-refractivity contribution in [1.82, 2.24) is 24.8 Å². The van der Waals surface area contributed by atoms with Gasteiger partial charge in [0.1, 0.15) is 11.6 Å². The number of rotatable bonds is 7. The highest BCUT2D eigenvalue weighted by Gasteiger charge is 2.43. The van der Waals surface area contributed by atoms with E-state index in [-0.39, 0.29) is 6.04 Å². The number of aryl methyl sites for hydroxylation is 1. The topological polar surface area (TPSA) is 82.1 Å². The number of hydrogen-bond acceptors (Lipinski definition) is 9. The number of pyridine rings is 1. The summed E-state index contributed by atoms with van der Waals surface area (Å²) in [6.07, 6.45) is 3.08. The summed E-state index contributed by atoms with van der Waals surface area (Å²) in [5.41, 5.74) is 3.09. The van der Waals surface area contributed by atoms with Gasteiger partial charge in [-0.15, -0.1) is 0 Å². The van der Waals surface area contributed by atoms with E-state index in [0.717, 1.165) is 58.3 Å². The number of benzene rings is 1. The zero-order valence-corrected chi connectivity index (χ0v) is 21.1. The Morgan fingerprint density at radius 1 is 1.06 bits per heavy atom. The first kappa shape index (κ1) is 22.2. The monoisotopic (exact) mass is 486 g/mol. The van der Waals surface area contributed by atoms with Crippen molar-refractivity contribution in [2.45, 2.75) is 45.3 Å². The minimum Gasteiger partial charge on any atom is -0.355 e. The maximum absolute atomic E-state index is 4.85. The molecule has 2 aliphatic heterocycles. The summed E-state index contributed by atoms with van der Waals surface area (Å²) in [6, 6.07) is 15.6. The zero-order chi connectivity index (χ0) is 23.9. The standard InChI is InChI=1S/C26H30N8S/c1-4-33-14-20-11-19(33)15-34(20)25-28-16(2)10-24(32-25)31-23-12-21-22(13-27-23)35-26(30-21)29-17(3)18-8-6-5-7-9-18/h5-10,12-13,17,19-20H,4,11,14-15H2,1-3H3,(H,29,30)(H,27,28,31,32)/t17-,19+,20+/m1/s1. The third kappa shape index (κ3) is 4.41. The van der Waals surface area contributed by atoms with E-state index in [2.05, 4.69) is 63.5 Å². The number of likely N-dealkylation sites (N-methyl/N-ethyl adjacent to an activating group) is 1. The van der Waals surface area contributed by atoms with Crippen LogP contribution >= 0.6 is 11.3 Å². The van der Waals surface area contributed by atoms with Crippen LogP contribution in [0.3, 0.4) is 0 Å². The number of thiazole rings is 1. The van der Waals surface area contributed by atoms with Crippen LogP contribution in [0.5, 0.6) is 0 Å². The van der Waals surface area contributed by atoms with Gasteiger partial charge >= 0.3 is 0 Å². The molecular weight excluding hydrogens is 456 g/mol. The first-order valence-electron chi connectivity index (χ1n) is 12.3. The summed E-state index contributed by atoms with van der Waals surface area (Å²) >= 11 is 1.62. The van der Waals surface area contributed by atoms with Crippen molar-refractivity contribution in [2.75, 3.05) is 35.2 Å². The summed E-state index contributed by atoms with van der Waals surface area (Å²) in [6.45, 7) is 9.62. The highest BCUT2D eigenvalue weighted by atomic mass is 32.1. The largest absolute Gasteiger partial charge is 0.355 e. The average Bonchev–Trinajstić information content (AvgIpc) is 3.57. The molecule has 0 spiro atoms. The van der Waals surface area contributed by atoms with Crippen molar-refractivity contribution in [3.05, 3.63) is 59.9 Å². The summed E-state index contributed by atoms with van der Waals surface area (Å²) in [5.74, 6) is 2.31. The van der Waals surface area contributed by atoms with Crippen molar-refractivity contribution >= 4 is 44.3 Å². The molecule has 180 valence electrons. The van der Waals surface area contributed by atoms with Crippen LogP contribution in [0.15, 0.2) is 48.7 Å². The molecule has 3 aromatic heterocycles. The molecule has 0 amide bonds. The van der Waals surface area contributed by atoms with E-state index in [0.29, 0.717) is 12.1 Å². The summed E-state index contributed by atoms with van der Waals surface area (Å²) in [4.78, 5) is 24.0. The number of fused-ring (bicyclic) bond motifs is 3. The Balaban J connectivity index is 1.19. The van der Waals surface area contributed by atoms with E-state index < -0.39 is 0 Å². The van der Waals surface area contributed by atoms with Crippen LogP contribution in [0, 0.1) is 6.92 Å². The van der Waals surface area contributed by atoms with Gasteiger partial charge in [-0.05, 0) is 32.4 Å². The first-order valence-corrected chi connectivity index (χ1v) is 13.1. The van der Waals surface area contributed by atoms with Gasteiger partial charge < -0.3 is 15.5 Å². The van der Waals surface area contributed by atoms with E-state index in [1.807, 2.05) is 31.3 Å². The maximum atomic E-state index is 4.85. The van der Waals surface area contributed by atoms with Gasteiger partial charge in [-0.2, -0.15) is 4.98 Å². The molecule has 0 radical (unpaired) electrons. The van der Waals surface area contributed by atoms with Gasteiger partial charge in [0.25, 0.3) is 0 Å². The lowest BCUT2D eigenvalue weighted by Gasteiger charge is -2.33. The normalized spacial score (nSPS) is 20.5. The summed E-state index contributed by atoms with van der Waals surface area (Å²) in [7, 11) is 0. The van der Waals surface area contributed by atoms with Crippen molar-refractivity contribution in [3.63, 3.8) is 0 Å². The fraction of sp³-hybridized carbons (Fsp3) is 0.385. The van der Waals surface area contributed by atoms with Crippen LogP contribution < -0.4 is 15.5 Å². The average molecular weight is 487 g/mol. The third-order valence-corrected chi connectivity index (χ3v) is 7.97. The highest BCUT2D eigenvalue weighted by molar-refractivity contribution is 7.22. The molecule has 2 N–H and O–H groups in total. The zero-order valence-electron chi connectivity index (χ0n) is 20.3. The van der Waals surface area contributed by atoms with Gasteiger partial charge in [0.05, 0.1) is 16.3 Å². The van der Waals surface area contributed by atoms with E-state index in [1.165, 1.54) is 12.0 Å². The molecule has 2 bridgehead atoms. The van der Waals surface area contributed by atoms with Crippen LogP contribution in [0.2, 0.25) is 0 Å². The van der Waals surface area contributed by atoms with Gasteiger partial charge in [-0.1, -0.05) is 48.6 Å². The summed E-state index contributed by atoms with van der Waals surface area (Å²) in [5, 5.41) is 7.79. The van der Waals surface area contributed by atoms with Gasteiger partial charge in [-0.3, -0.25) is 4.90 Å². The third-order valence-electron chi connectivity index (χ3n) is 7.03. The molecule has 0 unspecified atom stereocenters. The molecule has 2 fully saturated rings. The fourth-order valence-corrected chi connectivity index (χ4v) is 6.14. The van der Waals surface area contributed by atoms with Crippen LogP contribution in [-0.2, 0) is 0 Å². The van der Waals surface area contributed by atoms with Crippen LogP contribution in [0.4, 0.5) is 22.7 Å². The first-order chi connectivity index (χ1) is 17.1. The molecule has 0 aliphatic carbocycles. The molecule has 0 saturated carbocycles. The predicted octanol–water partition coefficient (Wildman–Crippen LogP) is 4.99. The Hall–Kier alpha value is -3.30. The lowest BCUT2D eigenvalue weighted by Crippen LogP contribution is -2.46. The molecule has 6 rings (SSSR count). The molecule has 4 aromatic rings. The van der Waals surface area contributed by atoms with Crippen molar-refractivity contribution in [3.8, 4) is 0 Å². The van der Waals surface area contributed by atoms with Gasteiger partial charge in [0.2, 0.25) is 5.95 Å². The second-order valence-corrected chi connectivity index (χ2v) is 10.5. The number of nitrogens with zero attached hydrogens (tertiary/aromatic N) is 6. The maximum Gasteiger partial charge on any atom is 0.227 e. The molecule has 8 nitrogen and oxygen atoms in total. The Morgan fingerprint density at radius 3 is 2.69 bits per heavy atom.